The van der Waals surface area contributed by atoms with Crippen LogP contribution in [-0.2, 0) is 6.61 Å². The van der Waals surface area contributed by atoms with Gasteiger partial charge in [0.1, 0.15) is 18.9 Å². The highest BCUT2D eigenvalue weighted by molar-refractivity contribution is 5.26. The number of quaternary nitrogens is 1. The number of hydrogen-bond acceptors (Lipinski definition) is 2. The fraction of sp³-hybridized carbons (Fsp3) is 0.739. The summed E-state index contributed by atoms with van der Waals surface area (Å²) in [5, 5.41) is 9.06. The van der Waals surface area contributed by atoms with Crippen LogP contribution in [0.5, 0.6) is 5.75 Å². The van der Waals surface area contributed by atoms with E-state index in [9.17, 15) is 0 Å². The van der Waals surface area contributed by atoms with Gasteiger partial charge in [0.2, 0.25) is 0 Å². The van der Waals surface area contributed by atoms with Crippen molar-refractivity contribution in [1.29, 1.82) is 0 Å². The molecule has 0 aliphatic heterocycles. The molecule has 1 N–H and O–H groups in total. The first-order chi connectivity index (χ1) is 12.6. The Morgan fingerprint density at radius 2 is 1.31 bits per heavy atom. The molecule has 26 heavy (non-hydrogen) atoms. The molecule has 0 aliphatic rings. The monoisotopic (exact) mass is 364 g/mol. The second-order valence-electron chi connectivity index (χ2n) is 8.22. The van der Waals surface area contributed by atoms with Gasteiger partial charge in [0, 0.05) is 0 Å². The van der Waals surface area contributed by atoms with E-state index < -0.39 is 0 Å². The van der Waals surface area contributed by atoms with E-state index >= 15 is 0 Å². The third-order valence-corrected chi connectivity index (χ3v) is 5.19. The summed E-state index contributed by atoms with van der Waals surface area (Å²) in [7, 11) is 4.60. The normalized spacial score (nSPS) is 11.7. The van der Waals surface area contributed by atoms with Gasteiger partial charge in [-0.3, -0.25) is 0 Å². The van der Waals surface area contributed by atoms with Crippen molar-refractivity contribution in [3.63, 3.8) is 0 Å². The zero-order chi connectivity index (χ0) is 19.1. The predicted octanol–water partition coefficient (Wildman–Crippen LogP) is 5.56. The number of nitrogens with zero attached hydrogens (tertiary/aromatic N) is 1. The summed E-state index contributed by atoms with van der Waals surface area (Å²) in [6.45, 7) is 5.36. The van der Waals surface area contributed by atoms with E-state index in [4.69, 9.17) is 9.84 Å². The van der Waals surface area contributed by atoms with Crippen LogP contribution in [0.1, 0.15) is 76.7 Å². The summed E-state index contributed by atoms with van der Waals surface area (Å²) < 4.78 is 6.86. The van der Waals surface area contributed by atoms with Gasteiger partial charge in [0.25, 0.3) is 0 Å². The van der Waals surface area contributed by atoms with Crippen LogP contribution in [0, 0.1) is 0 Å². The van der Waals surface area contributed by atoms with Crippen molar-refractivity contribution < 1.29 is 14.3 Å². The van der Waals surface area contributed by atoms with Gasteiger partial charge in [-0.2, -0.15) is 0 Å². The van der Waals surface area contributed by atoms with E-state index in [1.54, 1.807) is 0 Å². The molecule has 0 saturated heterocycles. The summed E-state index contributed by atoms with van der Waals surface area (Å²) in [6.07, 6.45) is 13.9. The van der Waals surface area contributed by atoms with Crippen LogP contribution in [-0.4, -0.2) is 43.4 Å². The van der Waals surface area contributed by atoms with E-state index in [2.05, 4.69) is 21.0 Å². The maximum Gasteiger partial charge on any atom is 0.137 e. The molecule has 0 fully saturated rings. The van der Waals surface area contributed by atoms with Crippen LogP contribution in [0.15, 0.2) is 24.3 Å². The maximum atomic E-state index is 9.06. The molecular weight excluding hydrogens is 322 g/mol. The molecule has 150 valence electrons. The lowest BCUT2D eigenvalue weighted by molar-refractivity contribution is -0.890. The lowest BCUT2D eigenvalue weighted by Gasteiger charge is -2.29. The van der Waals surface area contributed by atoms with Crippen LogP contribution in [0.25, 0.3) is 0 Å². The molecule has 0 radical (unpaired) electrons. The number of aliphatic hydroxyl groups is 1. The minimum atomic E-state index is 0.0864. The second-order valence-corrected chi connectivity index (χ2v) is 8.22. The van der Waals surface area contributed by atoms with Crippen LogP contribution in [0.4, 0.5) is 0 Å². The van der Waals surface area contributed by atoms with E-state index in [0.717, 1.165) is 28.9 Å². The molecule has 0 heterocycles. The zero-order valence-electron chi connectivity index (χ0n) is 17.5. The molecule has 0 spiro atoms. The van der Waals surface area contributed by atoms with Crippen molar-refractivity contribution in [2.24, 2.45) is 0 Å². The lowest BCUT2D eigenvalue weighted by atomic mass is 10.1. The Labute approximate surface area is 162 Å². The molecule has 0 saturated carbocycles. The molecule has 1 aromatic carbocycles. The van der Waals surface area contributed by atoms with Crippen molar-refractivity contribution in [2.75, 3.05) is 33.8 Å². The average molecular weight is 365 g/mol. The van der Waals surface area contributed by atoms with E-state index in [1.807, 2.05) is 24.3 Å². The fourth-order valence-electron chi connectivity index (χ4n) is 3.24. The molecule has 0 amide bonds. The first-order valence-corrected chi connectivity index (χ1v) is 10.7. The van der Waals surface area contributed by atoms with Gasteiger partial charge in [-0.1, -0.05) is 70.4 Å². The highest BCUT2D eigenvalue weighted by atomic mass is 16.5. The number of hydrogen-bond donors (Lipinski definition) is 1. The van der Waals surface area contributed by atoms with E-state index in [0.29, 0.717) is 0 Å². The van der Waals surface area contributed by atoms with E-state index in [1.165, 1.54) is 70.8 Å². The highest BCUT2D eigenvalue weighted by Crippen LogP contribution is 2.14. The second kappa shape index (κ2) is 14.1. The van der Waals surface area contributed by atoms with Gasteiger partial charge in [-0.25, -0.2) is 0 Å². The van der Waals surface area contributed by atoms with Crippen LogP contribution < -0.4 is 4.74 Å². The van der Waals surface area contributed by atoms with Crippen molar-refractivity contribution in [1.82, 2.24) is 0 Å². The Hall–Kier alpha value is -1.06. The summed E-state index contributed by atoms with van der Waals surface area (Å²) in [4.78, 5) is 0. The minimum Gasteiger partial charge on any atom is -0.488 e. The van der Waals surface area contributed by atoms with Crippen LogP contribution in [0.2, 0.25) is 0 Å². The number of aliphatic hydroxyl groups excluding tert-OH is 1. The Bertz CT molecular complexity index is 442. The Morgan fingerprint density at radius 3 is 1.85 bits per heavy atom. The van der Waals surface area contributed by atoms with Gasteiger partial charge >= 0.3 is 0 Å². The average Bonchev–Trinajstić information content (AvgIpc) is 2.63. The molecule has 3 heteroatoms. The summed E-state index contributed by atoms with van der Waals surface area (Å²) in [5.41, 5.74) is 0.925. The van der Waals surface area contributed by atoms with Crippen molar-refractivity contribution >= 4 is 0 Å². The highest BCUT2D eigenvalue weighted by Gasteiger charge is 2.14. The number of ether oxygens (including phenoxy) is 1. The molecule has 1 aromatic rings. The molecule has 0 aromatic heterocycles. The van der Waals surface area contributed by atoms with Crippen molar-refractivity contribution in [2.45, 2.75) is 77.7 Å². The van der Waals surface area contributed by atoms with E-state index in [-0.39, 0.29) is 6.61 Å². The molecule has 0 aliphatic carbocycles. The quantitative estimate of drug-likeness (QED) is 0.307. The maximum absolute atomic E-state index is 9.06. The summed E-state index contributed by atoms with van der Waals surface area (Å²) >= 11 is 0. The molecule has 0 atom stereocenters. The summed E-state index contributed by atoms with van der Waals surface area (Å²) in [6, 6.07) is 7.71. The van der Waals surface area contributed by atoms with Crippen LogP contribution in [0.3, 0.4) is 0 Å². The molecule has 0 unspecified atom stereocenters. The fourth-order valence-corrected chi connectivity index (χ4v) is 3.24. The van der Waals surface area contributed by atoms with Gasteiger partial charge in [-0.05, 0) is 30.5 Å². The Kier molecular flexibility index (Phi) is 12.4. The van der Waals surface area contributed by atoms with Crippen molar-refractivity contribution in [3.05, 3.63) is 29.8 Å². The van der Waals surface area contributed by atoms with Gasteiger partial charge < -0.3 is 14.3 Å². The van der Waals surface area contributed by atoms with Gasteiger partial charge in [0.15, 0.2) is 0 Å². The first kappa shape index (κ1) is 23.0. The minimum absolute atomic E-state index is 0.0864. The summed E-state index contributed by atoms with van der Waals surface area (Å²) in [5.74, 6) is 0.890. The van der Waals surface area contributed by atoms with Gasteiger partial charge in [-0.15, -0.1) is 0 Å². The number of unbranched alkanes of at least 4 members (excludes halogenated alkanes) is 9. The molecule has 3 nitrogen and oxygen atoms in total. The zero-order valence-corrected chi connectivity index (χ0v) is 17.5. The molecule has 0 bridgehead atoms. The Balaban J connectivity index is 2.01. The first-order valence-electron chi connectivity index (χ1n) is 10.7. The van der Waals surface area contributed by atoms with Crippen LogP contribution >= 0.6 is 0 Å². The van der Waals surface area contributed by atoms with Crippen molar-refractivity contribution in [3.8, 4) is 5.75 Å². The standard InChI is InChI=1S/C23H42NO2/c1-4-5-6-7-8-9-10-11-12-13-18-24(2,3)19-20-26-23-16-14-22(21-25)15-17-23/h14-17,25H,4-13,18-21H2,1-3H3/q+1. The largest absolute Gasteiger partial charge is 0.488 e. The SMILES string of the molecule is CCCCCCCCCCCC[N+](C)(C)CCOc1ccc(CO)cc1. The Morgan fingerprint density at radius 1 is 0.769 bits per heavy atom. The molecule has 1 rings (SSSR count). The lowest BCUT2D eigenvalue weighted by Crippen LogP contribution is -2.43. The third kappa shape index (κ3) is 11.5. The third-order valence-electron chi connectivity index (χ3n) is 5.19. The molecular formula is C23H42NO2+. The smallest absolute Gasteiger partial charge is 0.137 e. The predicted molar refractivity (Wildman–Crippen MR) is 112 cm³/mol. The number of benzene rings is 1. The number of rotatable bonds is 16. The van der Waals surface area contributed by atoms with Gasteiger partial charge in [0.05, 0.1) is 27.2 Å². The number of likely N-dealkylation sites (N-methyl/N-ethyl adjacent to an activating group) is 1. The topological polar surface area (TPSA) is 29.5 Å².